The molecule has 1 amide bonds. The molecule has 0 aromatic carbocycles. The van der Waals surface area contributed by atoms with Crippen LogP contribution in [-0.4, -0.2) is 100 Å². The highest BCUT2D eigenvalue weighted by molar-refractivity contribution is 5.76. The normalized spacial score (nSPS) is 17.9. The van der Waals surface area contributed by atoms with Gasteiger partial charge in [-0.05, 0) is 70.6 Å². The molecule has 0 aliphatic carbocycles. The maximum Gasteiger partial charge on any atom is 0.305 e. The topological polar surface area (TPSA) is 175 Å². The van der Waals surface area contributed by atoms with Gasteiger partial charge in [0.2, 0.25) is 5.91 Å². The van der Waals surface area contributed by atoms with Gasteiger partial charge in [0.1, 0.15) is 24.4 Å². The van der Waals surface area contributed by atoms with Crippen LogP contribution in [0.2, 0.25) is 0 Å². The lowest BCUT2D eigenvalue weighted by Gasteiger charge is -2.40. The van der Waals surface area contributed by atoms with Crippen molar-refractivity contribution in [1.29, 1.82) is 0 Å². The van der Waals surface area contributed by atoms with Crippen LogP contribution < -0.4 is 5.32 Å². The molecule has 11 nitrogen and oxygen atoms in total. The van der Waals surface area contributed by atoms with Crippen LogP contribution in [0.1, 0.15) is 380 Å². The van der Waals surface area contributed by atoms with Gasteiger partial charge in [-0.2, -0.15) is 0 Å². The van der Waals surface area contributed by atoms with Gasteiger partial charge in [0.15, 0.2) is 6.29 Å². The number of aliphatic hydroxyl groups excluding tert-OH is 5. The number of unbranched alkanes of at least 4 members (excludes halogenated alkanes) is 50. The van der Waals surface area contributed by atoms with Crippen LogP contribution in [0.5, 0.6) is 0 Å². The third-order valence-corrected chi connectivity index (χ3v) is 18.2. The van der Waals surface area contributed by atoms with E-state index in [2.05, 4.69) is 43.5 Å². The highest BCUT2D eigenvalue weighted by atomic mass is 16.7. The first-order valence-corrected chi connectivity index (χ1v) is 38.3. The summed E-state index contributed by atoms with van der Waals surface area (Å²) < 4.78 is 16.7. The van der Waals surface area contributed by atoms with Crippen molar-refractivity contribution in [1.82, 2.24) is 5.32 Å². The molecule has 1 fully saturated rings. The first-order valence-electron chi connectivity index (χ1n) is 38.3. The molecule has 0 aromatic heterocycles. The smallest absolute Gasteiger partial charge is 0.305 e. The van der Waals surface area contributed by atoms with Crippen molar-refractivity contribution in [3.05, 3.63) is 36.5 Å². The predicted molar refractivity (Wildman–Crippen MR) is 371 cm³/mol. The van der Waals surface area contributed by atoms with E-state index in [1.807, 2.05) is 6.08 Å². The summed E-state index contributed by atoms with van der Waals surface area (Å²) >= 11 is 0. The monoisotopic (exact) mass is 1240 g/mol. The lowest BCUT2D eigenvalue weighted by molar-refractivity contribution is -0.302. The van der Waals surface area contributed by atoms with Crippen molar-refractivity contribution in [2.75, 3.05) is 19.8 Å². The molecule has 1 saturated heterocycles. The molecule has 518 valence electrons. The fourth-order valence-electron chi connectivity index (χ4n) is 12.2. The summed E-state index contributed by atoms with van der Waals surface area (Å²) in [7, 11) is 0. The Morgan fingerprint density at radius 2 is 0.739 bits per heavy atom. The van der Waals surface area contributed by atoms with Gasteiger partial charge in [-0.25, -0.2) is 0 Å². The molecule has 88 heavy (non-hydrogen) atoms. The molecule has 6 N–H and O–H groups in total. The van der Waals surface area contributed by atoms with Gasteiger partial charge < -0.3 is 45.1 Å². The maximum atomic E-state index is 13.0. The van der Waals surface area contributed by atoms with Crippen LogP contribution in [0.15, 0.2) is 36.5 Å². The number of aliphatic hydroxyl groups is 5. The summed E-state index contributed by atoms with van der Waals surface area (Å²) in [4.78, 5) is 25.1. The Morgan fingerprint density at radius 3 is 1.14 bits per heavy atom. The van der Waals surface area contributed by atoms with E-state index in [0.717, 1.165) is 51.4 Å². The van der Waals surface area contributed by atoms with Crippen LogP contribution in [-0.2, 0) is 23.8 Å². The molecule has 1 aliphatic heterocycles. The maximum absolute atomic E-state index is 13.0. The lowest BCUT2D eigenvalue weighted by atomic mass is 9.99. The summed E-state index contributed by atoms with van der Waals surface area (Å²) in [5, 5.41) is 54.3. The highest BCUT2D eigenvalue weighted by Crippen LogP contribution is 2.24. The van der Waals surface area contributed by atoms with Gasteiger partial charge in [0.25, 0.3) is 0 Å². The van der Waals surface area contributed by atoms with Gasteiger partial charge >= 0.3 is 5.97 Å². The number of allylic oxidation sites excluding steroid dienone is 5. The minimum atomic E-state index is -1.57. The Labute approximate surface area is 543 Å². The van der Waals surface area contributed by atoms with Crippen molar-refractivity contribution in [2.45, 2.75) is 423 Å². The van der Waals surface area contributed by atoms with Gasteiger partial charge in [-0.3, -0.25) is 9.59 Å². The third kappa shape index (κ3) is 54.4. The zero-order valence-electron chi connectivity index (χ0n) is 57.7. The predicted octanol–water partition coefficient (Wildman–Crippen LogP) is 20.1. The molecule has 7 unspecified atom stereocenters. The quantitative estimate of drug-likeness (QED) is 0.0195. The molecular formula is C77H145NO10. The standard InChI is InChI=1S/C77H145NO10/c1-3-5-7-9-11-13-44-49-53-57-61-65-73(82)86-66-62-58-54-50-46-43-41-39-37-35-33-31-29-27-25-23-21-19-17-15-16-18-20-22-24-26-28-30-32-34-36-38-40-42-45-48-52-56-60-64-72(81)78-69(68-87-77-76(85)75(84)74(83)71(67-79)88-77)70(80)63-59-55-51-47-14-12-10-8-6-4-2/h14-16,47,59,63,69-71,74-77,79-80,83-85H,3-13,17-46,48-58,60-62,64-68H2,1-2H3,(H,78,81)/b16-15-,47-14+,63-59+. The second-order valence-electron chi connectivity index (χ2n) is 26.7. The van der Waals surface area contributed by atoms with Crippen LogP contribution in [0.3, 0.4) is 0 Å². The molecule has 11 heteroatoms. The molecule has 0 bridgehead atoms. The molecule has 0 spiro atoms. The van der Waals surface area contributed by atoms with E-state index in [0.29, 0.717) is 19.4 Å². The Bertz CT molecular complexity index is 1560. The second kappa shape index (κ2) is 66.3. The number of amides is 1. The fraction of sp³-hybridized carbons (Fsp3) is 0.896. The highest BCUT2D eigenvalue weighted by Gasteiger charge is 2.44. The molecular weight excluding hydrogens is 1100 g/mol. The zero-order chi connectivity index (χ0) is 63.7. The van der Waals surface area contributed by atoms with Crippen molar-refractivity contribution in [3.63, 3.8) is 0 Å². The Kier molecular flexibility index (Phi) is 63.2. The van der Waals surface area contributed by atoms with Gasteiger partial charge in [-0.1, -0.05) is 333 Å². The second-order valence-corrected chi connectivity index (χ2v) is 26.7. The summed E-state index contributed by atoms with van der Waals surface area (Å²) in [6, 6.07) is -0.823. The van der Waals surface area contributed by atoms with Gasteiger partial charge in [-0.15, -0.1) is 0 Å². The first kappa shape index (κ1) is 83.9. The van der Waals surface area contributed by atoms with E-state index in [1.54, 1.807) is 6.08 Å². The fourth-order valence-corrected chi connectivity index (χ4v) is 12.2. The number of hydrogen-bond donors (Lipinski definition) is 6. The van der Waals surface area contributed by atoms with E-state index in [1.165, 1.54) is 302 Å². The number of nitrogens with one attached hydrogen (secondary N) is 1. The Hall–Kier alpha value is -2.12. The number of carbonyl (C=O) groups is 2. The van der Waals surface area contributed by atoms with Crippen molar-refractivity contribution in [3.8, 4) is 0 Å². The lowest BCUT2D eigenvalue weighted by Crippen LogP contribution is -2.60. The Morgan fingerprint density at radius 1 is 0.409 bits per heavy atom. The molecule has 0 aromatic rings. The van der Waals surface area contributed by atoms with Gasteiger partial charge in [0, 0.05) is 12.8 Å². The van der Waals surface area contributed by atoms with Crippen molar-refractivity contribution in [2.24, 2.45) is 0 Å². The molecule has 0 radical (unpaired) electrons. The summed E-state index contributed by atoms with van der Waals surface area (Å²) in [6.07, 6.45) is 76.2. The minimum absolute atomic E-state index is 0.0167. The number of carbonyl (C=O) groups excluding carboxylic acids is 2. The van der Waals surface area contributed by atoms with E-state index in [4.69, 9.17) is 14.2 Å². The summed E-state index contributed by atoms with van der Waals surface area (Å²) in [6.45, 7) is 4.33. The largest absolute Gasteiger partial charge is 0.466 e. The number of rotatable bonds is 68. The minimum Gasteiger partial charge on any atom is -0.466 e. The Balaban J connectivity index is 1.88. The third-order valence-electron chi connectivity index (χ3n) is 18.2. The molecule has 1 rings (SSSR count). The van der Waals surface area contributed by atoms with E-state index in [-0.39, 0.29) is 18.5 Å². The number of ether oxygens (including phenoxy) is 3. The molecule has 7 atom stereocenters. The number of hydrogen-bond acceptors (Lipinski definition) is 10. The first-order chi connectivity index (χ1) is 43.2. The summed E-state index contributed by atoms with van der Waals surface area (Å²) in [5.41, 5.74) is 0. The number of esters is 1. The van der Waals surface area contributed by atoms with Crippen LogP contribution in [0.4, 0.5) is 0 Å². The summed E-state index contributed by atoms with van der Waals surface area (Å²) in [5.74, 6) is -0.171. The van der Waals surface area contributed by atoms with Crippen LogP contribution >= 0.6 is 0 Å². The van der Waals surface area contributed by atoms with Gasteiger partial charge in [0.05, 0.1) is 32.0 Å². The molecule has 1 heterocycles. The van der Waals surface area contributed by atoms with E-state index < -0.39 is 49.5 Å². The van der Waals surface area contributed by atoms with E-state index >= 15 is 0 Å². The average molecular weight is 1250 g/mol. The van der Waals surface area contributed by atoms with E-state index in [9.17, 15) is 35.1 Å². The van der Waals surface area contributed by atoms with Crippen LogP contribution in [0, 0.1) is 0 Å². The average Bonchev–Trinajstić information content (AvgIpc) is 3.12. The van der Waals surface area contributed by atoms with Crippen LogP contribution in [0.25, 0.3) is 0 Å². The SMILES string of the molecule is CCCCCC/C=C/CC/C=C/C(O)C(COC1OC(CO)C(O)C(O)C1O)NC(=O)CCCCCCCCCCCCCCCCCCC/C=C\CCCCCCCCCCCCCCCCCCCCOC(=O)CCCCCCCCCCCCC. The molecule has 0 saturated carbocycles. The van der Waals surface area contributed by atoms with Crippen molar-refractivity contribution >= 4 is 11.9 Å². The van der Waals surface area contributed by atoms with Crippen molar-refractivity contribution < 1.29 is 49.3 Å². The zero-order valence-corrected chi connectivity index (χ0v) is 57.7. The molecule has 1 aliphatic rings.